The zero-order chi connectivity index (χ0) is 19.9. The Labute approximate surface area is 163 Å². The fourth-order valence-corrected chi connectivity index (χ4v) is 3.63. The first-order valence-corrected chi connectivity index (χ1v) is 9.49. The van der Waals surface area contributed by atoms with Crippen LogP contribution in [0.5, 0.6) is 0 Å². The predicted octanol–water partition coefficient (Wildman–Crippen LogP) is 2.68. The number of aromatic amines is 1. The summed E-state index contributed by atoms with van der Waals surface area (Å²) in [6, 6.07) is 8.41. The van der Waals surface area contributed by atoms with Crippen molar-refractivity contribution < 1.29 is 4.79 Å². The van der Waals surface area contributed by atoms with Gasteiger partial charge < -0.3 is 11.1 Å². The molecule has 28 heavy (non-hydrogen) atoms. The van der Waals surface area contributed by atoms with Crippen LogP contribution in [0.4, 0.5) is 5.95 Å². The van der Waals surface area contributed by atoms with Crippen molar-refractivity contribution in [2.24, 2.45) is 0 Å². The molecule has 8 nitrogen and oxygen atoms in total. The van der Waals surface area contributed by atoms with E-state index < -0.39 is 0 Å². The lowest BCUT2D eigenvalue weighted by molar-refractivity contribution is 0.0922. The summed E-state index contributed by atoms with van der Waals surface area (Å²) in [6.07, 6.45) is 4.61. The zero-order valence-electron chi connectivity index (χ0n) is 16.4. The molecule has 2 aromatic heterocycles. The van der Waals surface area contributed by atoms with Gasteiger partial charge in [0.2, 0.25) is 11.8 Å². The van der Waals surface area contributed by atoms with Crippen molar-refractivity contribution in [2.75, 3.05) is 5.73 Å². The van der Waals surface area contributed by atoms with Crippen molar-refractivity contribution in [3.63, 3.8) is 0 Å². The molecule has 0 aliphatic heterocycles. The van der Waals surface area contributed by atoms with Gasteiger partial charge in [0.15, 0.2) is 0 Å². The van der Waals surface area contributed by atoms with Gasteiger partial charge in [0, 0.05) is 11.3 Å². The molecule has 1 aliphatic rings. The Morgan fingerprint density at radius 3 is 2.68 bits per heavy atom. The first-order chi connectivity index (χ1) is 13.3. The molecular formula is C20H25N7O. The lowest BCUT2D eigenvalue weighted by Crippen LogP contribution is -2.31. The number of carbonyl (C=O) groups excluding carboxylic acids is 1. The van der Waals surface area contributed by atoms with Gasteiger partial charge in [-0.15, -0.1) is 5.10 Å². The van der Waals surface area contributed by atoms with E-state index in [1.54, 1.807) is 0 Å². The number of hydrogen-bond donors (Lipinski definition) is 3. The number of aromatic nitrogens is 5. The highest BCUT2D eigenvalue weighted by Crippen LogP contribution is 2.32. The molecular weight excluding hydrogens is 354 g/mol. The number of nitrogens with two attached hydrogens (primary N) is 1. The van der Waals surface area contributed by atoms with Gasteiger partial charge in [0.1, 0.15) is 0 Å². The molecule has 0 radical (unpaired) electrons. The Kier molecular flexibility index (Phi) is 4.41. The zero-order valence-corrected chi connectivity index (χ0v) is 16.4. The molecule has 4 rings (SSSR count). The number of nitrogen functional groups attached to an aromatic ring is 1. The molecule has 0 spiro atoms. The van der Waals surface area contributed by atoms with E-state index in [1.807, 2.05) is 10.9 Å². The van der Waals surface area contributed by atoms with Crippen LogP contribution in [0.2, 0.25) is 0 Å². The van der Waals surface area contributed by atoms with Crippen molar-refractivity contribution >= 4 is 11.9 Å². The molecule has 0 saturated heterocycles. The normalized spacial score (nSPS) is 16.6. The van der Waals surface area contributed by atoms with Gasteiger partial charge in [-0.2, -0.15) is 10.1 Å². The number of rotatable bonds is 3. The van der Waals surface area contributed by atoms with Gasteiger partial charge in [-0.3, -0.25) is 9.89 Å². The quantitative estimate of drug-likeness (QED) is 0.647. The van der Waals surface area contributed by atoms with E-state index in [0.717, 1.165) is 36.2 Å². The molecule has 1 amide bonds. The third-order valence-electron chi connectivity index (χ3n) is 5.18. The highest BCUT2D eigenvalue weighted by Gasteiger charge is 2.27. The largest absolute Gasteiger partial charge is 0.366 e. The lowest BCUT2D eigenvalue weighted by atomic mass is 9.87. The number of anilines is 1. The Morgan fingerprint density at radius 1 is 1.29 bits per heavy atom. The van der Waals surface area contributed by atoms with Crippen molar-refractivity contribution in [1.29, 1.82) is 0 Å². The van der Waals surface area contributed by atoms with E-state index in [0.29, 0.717) is 0 Å². The molecule has 1 unspecified atom stereocenters. The van der Waals surface area contributed by atoms with Crippen LogP contribution in [0.1, 0.15) is 67.1 Å². The molecule has 3 aromatic rings. The maximum atomic E-state index is 12.4. The molecule has 1 aromatic carbocycles. The molecule has 1 atom stereocenters. The first-order valence-electron chi connectivity index (χ1n) is 9.49. The van der Waals surface area contributed by atoms with Crippen LogP contribution in [0.25, 0.3) is 5.69 Å². The van der Waals surface area contributed by atoms with Crippen molar-refractivity contribution in [1.82, 2.24) is 30.3 Å². The Morgan fingerprint density at radius 2 is 2.04 bits per heavy atom. The van der Waals surface area contributed by atoms with E-state index in [1.165, 1.54) is 5.56 Å². The predicted molar refractivity (Wildman–Crippen MR) is 106 cm³/mol. The summed E-state index contributed by atoms with van der Waals surface area (Å²) in [4.78, 5) is 16.3. The van der Waals surface area contributed by atoms with Crippen LogP contribution >= 0.6 is 0 Å². The van der Waals surface area contributed by atoms with Gasteiger partial charge >= 0.3 is 0 Å². The van der Waals surface area contributed by atoms with Gasteiger partial charge in [-0.05, 0) is 42.4 Å². The monoisotopic (exact) mass is 379 g/mol. The number of benzene rings is 1. The van der Waals surface area contributed by atoms with Gasteiger partial charge in [0.05, 0.1) is 17.9 Å². The standard InChI is InChI=1S/C20H25N7O/c1-20(2,3)12-7-9-13(10-8-12)27-16-6-4-5-15(14(16)11-22-27)23-18(28)17-24-19(21)26-25-17/h7-11,15H,4-6H2,1-3H3,(H,23,28)(H3,21,24,25,26). The van der Waals surface area contributed by atoms with Crippen molar-refractivity contribution in [2.45, 2.75) is 51.5 Å². The van der Waals surface area contributed by atoms with E-state index in [-0.39, 0.29) is 29.1 Å². The van der Waals surface area contributed by atoms with Gasteiger partial charge in [-0.1, -0.05) is 32.9 Å². The van der Waals surface area contributed by atoms with Crippen molar-refractivity contribution in [3.05, 3.63) is 53.1 Å². The molecule has 8 heteroatoms. The second-order valence-electron chi connectivity index (χ2n) is 8.22. The van der Waals surface area contributed by atoms with Gasteiger partial charge in [-0.25, -0.2) is 4.68 Å². The summed E-state index contributed by atoms with van der Waals surface area (Å²) in [5, 5.41) is 13.9. The second kappa shape index (κ2) is 6.78. The second-order valence-corrected chi connectivity index (χ2v) is 8.22. The van der Waals surface area contributed by atoms with Crippen LogP contribution in [-0.4, -0.2) is 30.9 Å². The molecule has 0 bridgehead atoms. The minimum atomic E-state index is -0.315. The maximum Gasteiger partial charge on any atom is 0.289 e. The molecule has 146 valence electrons. The van der Waals surface area contributed by atoms with Gasteiger partial charge in [0.25, 0.3) is 5.91 Å². The van der Waals surface area contributed by atoms with Crippen LogP contribution in [0, 0.1) is 0 Å². The van der Waals surface area contributed by atoms with E-state index in [2.05, 4.69) is 70.6 Å². The summed E-state index contributed by atoms with van der Waals surface area (Å²) in [7, 11) is 0. The fourth-order valence-electron chi connectivity index (χ4n) is 3.63. The Balaban J connectivity index is 1.58. The molecule has 2 heterocycles. The SMILES string of the molecule is CC(C)(C)c1ccc(-n2ncc3c2CCCC3NC(=O)c2nc(N)n[nH]2)cc1. The summed E-state index contributed by atoms with van der Waals surface area (Å²) in [5.41, 5.74) is 10.1. The fraction of sp³-hybridized carbons (Fsp3) is 0.400. The summed E-state index contributed by atoms with van der Waals surface area (Å²) in [5.74, 6) is -0.139. The topological polar surface area (TPSA) is 115 Å². The first kappa shape index (κ1) is 18.2. The Bertz CT molecular complexity index is 994. The number of nitrogens with zero attached hydrogens (tertiary/aromatic N) is 4. The molecule has 4 N–H and O–H groups in total. The Hall–Kier alpha value is -3.16. The van der Waals surface area contributed by atoms with Crippen LogP contribution in [0.3, 0.4) is 0 Å². The van der Waals surface area contributed by atoms with E-state index in [4.69, 9.17) is 5.73 Å². The number of hydrogen-bond acceptors (Lipinski definition) is 5. The highest BCUT2D eigenvalue weighted by atomic mass is 16.2. The maximum absolute atomic E-state index is 12.4. The number of nitrogens with one attached hydrogen (secondary N) is 2. The molecule has 0 fully saturated rings. The number of carbonyl (C=O) groups is 1. The molecule has 0 saturated carbocycles. The summed E-state index contributed by atoms with van der Waals surface area (Å²) >= 11 is 0. The van der Waals surface area contributed by atoms with Crippen molar-refractivity contribution in [3.8, 4) is 5.69 Å². The van der Waals surface area contributed by atoms with Crippen LogP contribution in [0.15, 0.2) is 30.5 Å². The smallest absolute Gasteiger partial charge is 0.289 e. The number of fused-ring (bicyclic) bond motifs is 1. The third kappa shape index (κ3) is 3.37. The number of amides is 1. The van der Waals surface area contributed by atoms with E-state index in [9.17, 15) is 4.79 Å². The average molecular weight is 379 g/mol. The average Bonchev–Trinajstić information content (AvgIpc) is 3.28. The summed E-state index contributed by atoms with van der Waals surface area (Å²) in [6.45, 7) is 6.60. The third-order valence-corrected chi connectivity index (χ3v) is 5.18. The highest BCUT2D eigenvalue weighted by molar-refractivity contribution is 5.90. The lowest BCUT2D eigenvalue weighted by Gasteiger charge is -2.24. The molecule has 1 aliphatic carbocycles. The van der Waals surface area contributed by atoms with Crippen LogP contribution < -0.4 is 11.1 Å². The minimum absolute atomic E-state index is 0.0565. The minimum Gasteiger partial charge on any atom is -0.366 e. The number of H-pyrrole nitrogens is 1. The van der Waals surface area contributed by atoms with E-state index >= 15 is 0 Å². The van der Waals surface area contributed by atoms with Crippen LogP contribution in [-0.2, 0) is 11.8 Å². The summed E-state index contributed by atoms with van der Waals surface area (Å²) < 4.78 is 1.98.